The number of fused-ring (bicyclic) bond motifs is 5. The maximum Gasteiger partial charge on any atom is 0.510 e. The number of cyclic esters (lactones) is 1. The minimum Gasteiger partial charge on any atom is -0.543 e. The lowest BCUT2D eigenvalue weighted by atomic mass is 9.85. The minimum absolute atomic E-state index is 0.00321. The van der Waals surface area contributed by atoms with E-state index in [1.54, 1.807) is 41.8 Å². The molecule has 2 aliphatic heterocycles. The number of unbranched alkanes of at least 4 members (excludes halogenated alkanes) is 1. The van der Waals surface area contributed by atoms with Crippen molar-refractivity contribution in [3.63, 3.8) is 0 Å². The average molecular weight is 1350 g/mol. The van der Waals surface area contributed by atoms with E-state index >= 15 is 0 Å². The van der Waals surface area contributed by atoms with Gasteiger partial charge in [0.1, 0.15) is 32.2 Å². The number of pyridine rings is 2. The second-order valence-electron chi connectivity index (χ2n) is 24.4. The van der Waals surface area contributed by atoms with E-state index in [-0.39, 0.29) is 98.3 Å². The fraction of sp³-hybridized carbons (Fsp3) is 0.632. The van der Waals surface area contributed by atoms with E-state index in [1.807, 2.05) is 18.2 Å². The molecule has 0 bridgehead atoms. The van der Waals surface area contributed by atoms with Gasteiger partial charge in [0, 0.05) is 60.4 Å². The van der Waals surface area contributed by atoms with Gasteiger partial charge in [0.2, 0.25) is 19.8 Å². The number of rotatable bonds is 49. The first-order valence-corrected chi connectivity index (χ1v) is 35.9. The van der Waals surface area contributed by atoms with Crippen LogP contribution in [0.25, 0.3) is 32.7 Å². The Hall–Kier alpha value is -6.72. The molecule has 4 aromatic rings. The summed E-state index contributed by atoms with van der Waals surface area (Å²) < 4.78 is 82.0. The highest BCUT2D eigenvalue weighted by Crippen LogP contribution is 2.44. The Morgan fingerprint density at radius 3 is 1.98 bits per heavy atom. The Labute approximate surface area is 559 Å². The van der Waals surface area contributed by atoms with Crippen LogP contribution in [0.4, 0.5) is 10.5 Å². The Balaban J connectivity index is 0.869. The molecule has 524 valence electrons. The van der Waals surface area contributed by atoms with Gasteiger partial charge in [-0.1, -0.05) is 65.2 Å². The molecule has 0 saturated carbocycles. The number of nitrogens with zero attached hydrogens (tertiary/aromatic N) is 5. The van der Waals surface area contributed by atoms with E-state index in [2.05, 4.69) is 61.4 Å². The van der Waals surface area contributed by atoms with E-state index in [9.17, 15) is 28.8 Å². The summed E-state index contributed by atoms with van der Waals surface area (Å²) in [5.74, 6) is -1.64. The number of esters is 1. The first-order valence-electron chi connectivity index (χ1n) is 33.7. The van der Waals surface area contributed by atoms with Crippen molar-refractivity contribution in [2.24, 2.45) is 11.0 Å². The van der Waals surface area contributed by atoms with Crippen LogP contribution in [0.5, 0.6) is 5.75 Å². The van der Waals surface area contributed by atoms with Gasteiger partial charge in [0.15, 0.2) is 11.6 Å². The van der Waals surface area contributed by atoms with E-state index in [0.29, 0.717) is 174 Å². The Bertz CT molecular complexity index is 3230. The van der Waals surface area contributed by atoms with Crippen molar-refractivity contribution in [3.8, 4) is 17.1 Å². The topological polar surface area (TPSA) is 313 Å². The Kier molecular flexibility index (Phi) is 32.4. The second-order valence-corrected chi connectivity index (χ2v) is 29.1. The smallest absolute Gasteiger partial charge is 0.510 e. The number of ether oxygens (including phenoxy) is 12. The van der Waals surface area contributed by atoms with Crippen molar-refractivity contribution < 1.29 is 86.6 Å². The van der Waals surface area contributed by atoms with Gasteiger partial charge < -0.3 is 76.5 Å². The van der Waals surface area contributed by atoms with Crippen molar-refractivity contribution in [3.05, 3.63) is 97.1 Å². The fourth-order valence-electron chi connectivity index (χ4n) is 10.4. The number of azide groups is 1. The molecule has 1 amide bonds. The number of amides is 1. The number of aromatic nitrogens is 2. The van der Waals surface area contributed by atoms with Gasteiger partial charge in [-0.05, 0) is 116 Å². The Morgan fingerprint density at radius 2 is 1.39 bits per heavy atom. The van der Waals surface area contributed by atoms with Crippen LogP contribution >= 0.6 is 0 Å². The lowest BCUT2D eigenvalue weighted by molar-refractivity contribution is -0.175. The largest absolute Gasteiger partial charge is 0.543 e. The van der Waals surface area contributed by atoms with E-state index < -0.39 is 32.0 Å². The SMILES string of the molecule is [3H]CCNCCCCC(CC(=O)COCC(=O)CCCOCCOCCOCCOCCOCCOCCOCCOCCN=[N+]=[N-])C(=O)Nc1ccc(COC(=O)OC2(CC)C(=O)OCc3c2cc2n(c3=O)Cc3c-2nc2ccc(O[Si](C)(C)C(C)(C)C)cc2c3CC)cc1. The number of hydrogen-bond donors (Lipinski definition) is 2. The maximum atomic E-state index is 14.4. The molecule has 2 aliphatic rings. The van der Waals surface area contributed by atoms with Gasteiger partial charge in [0.05, 0.1) is 128 Å². The van der Waals surface area contributed by atoms with Gasteiger partial charge in [-0.3, -0.25) is 19.2 Å². The molecular formula is C68H99N7O19Si. The van der Waals surface area contributed by atoms with Crippen LogP contribution in [0.1, 0.15) is 116 Å². The van der Waals surface area contributed by atoms with Crippen LogP contribution in [-0.2, 0) is 108 Å². The standard InChI is InChI=1S/C68H99N7O19Si/c1-9-55-56-42-54(94-95(7,8)67(4,5)6)21-22-60(56)73-62-57(55)44-75-61(62)43-59-58(64(75)79)48-91-65(80)68(59,10-2)93-66(81)92-45-49-17-19-51(20-18-49)72-63(78)50(15-12-13-23-70-11-3)41-53(77)47-90-46-52(76)16-14-25-82-27-29-84-31-33-86-35-37-88-39-40-89-38-36-87-34-32-85-30-28-83-26-24-71-74-69/h17-22,42-43,50,70H,9-16,23-41,44-48H2,1-8H3,(H,72,78)/i3T. The molecule has 95 heavy (non-hydrogen) atoms. The number of Topliss-reactive ketones (excluding diaryl/α,β-unsaturated/α-hetero) is 2. The third kappa shape index (κ3) is 24.4. The summed E-state index contributed by atoms with van der Waals surface area (Å²) in [6.07, 6.45) is 1.79. The van der Waals surface area contributed by atoms with Crippen LogP contribution in [0, 0.1) is 5.92 Å². The van der Waals surface area contributed by atoms with Crippen molar-refractivity contribution >= 4 is 54.5 Å². The molecule has 2 aromatic carbocycles. The third-order valence-electron chi connectivity index (χ3n) is 16.6. The summed E-state index contributed by atoms with van der Waals surface area (Å²) in [6, 6.07) is 14.2. The van der Waals surface area contributed by atoms with Crippen molar-refractivity contribution in [2.75, 3.05) is 144 Å². The molecule has 2 aromatic heterocycles. The normalized spacial score (nSPS) is 14.7. The van der Waals surface area contributed by atoms with Crippen molar-refractivity contribution in [2.45, 2.75) is 136 Å². The first-order chi connectivity index (χ1) is 46.4. The monoisotopic (exact) mass is 1350 g/mol. The van der Waals surface area contributed by atoms with Gasteiger partial charge in [0.25, 0.3) is 5.56 Å². The summed E-state index contributed by atoms with van der Waals surface area (Å²) in [7, 11) is -2.15. The number of nitrogens with one attached hydrogen (secondary N) is 2. The summed E-state index contributed by atoms with van der Waals surface area (Å²) in [5.41, 5.74) is 11.0. The lowest BCUT2D eigenvalue weighted by Crippen LogP contribution is -2.47. The zero-order valence-corrected chi connectivity index (χ0v) is 57.5. The van der Waals surface area contributed by atoms with Gasteiger partial charge in [-0.2, -0.15) is 0 Å². The number of aryl methyl sites for hydroxylation is 1. The predicted octanol–water partition coefficient (Wildman–Crippen LogP) is 9.49. The molecule has 0 fully saturated rings. The number of benzene rings is 2. The molecule has 0 aliphatic carbocycles. The van der Waals surface area contributed by atoms with Crippen LogP contribution in [-0.4, -0.2) is 186 Å². The van der Waals surface area contributed by atoms with Gasteiger partial charge in [-0.25, -0.2) is 14.6 Å². The number of ketones is 2. The predicted molar refractivity (Wildman–Crippen MR) is 357 cm³/mol. The second kappa shape index (κ2) is 40.7. The molecule has 0 spiro atoms. The molecule has 0 radical (unpaired) electrons. The summed E-state index contributed by atoms with van der Waals surface area (Å²) >= 11 is 0. The van der Waals surface area contributed by atoms with Crippen molar-refractivity contribution in [1.82, 2.24) is 14.9 Å². The molecule has 0 saturated heterocycles. The highest BCUT2D eigenvalue weighted by atomic mass is 28.4. The number of hydrogen-bond acceptors (Lipinski definition) is 22. The number of anilines is 1. The van der Waals surface area contributed by atoms with Crippen LogP contribution < -0.4 is 20.6 Å². The zero-order valence-electron chi connectivity index (χ0n) is 57.5. The number of carbonyl (C=O) groups excluding carboxylic acids is 5. The molecule has 2 atom stereocenters. The molecule has 2 N–H and O–H groups in total. The molecule has 26 nitrogen and oxygen atoms in total. The minimum atomic E-state index is -2.15. The average Bonchev–Trinajstić information content (AvgIpc) is 1.53. The summed E-state index contributed by atoms with van der Waals surface area (Å²) in [5, 5.41) is 10.4. The molecule has 27 heteroatoms. The molecular weight excluding hydrogens is 1250 g/mol. The lowest BCUT2D eigenvalue weighted by Gasteiger charge is -2.36. The van der Waals surface area contributed by atoms with E-state index in [0.717, 1.165) is 34.2 Å². The maximum absolute atomic E-state index is 14.4. The summed E-state index contributed by atoms with van der Waals surface area (Å²) in [6.45, 7) is 22.2. The highest BCUT2D eigenvalue weighted by Gasteiger charge is 2.51. The Morgan fingerprint density at radius 1 is 0.779 bits per heavy atom. The zero-order chi connectivity index (χ0) is 69.2. The van der Waals surface area contributed by atoms with Crippen LogP contribution in [0.15, 0.2) is 58.4 Å². The molecule has 6 rings (SSSR count). The van der Waals surface area contributed by atoms with Crippen LogP contribution in [0.3, 0.4) is 0 Å². The quantitative estimate of drug-likeness (QED) is 0.00914. The third-order valence-corrected chi connectivity index (χ3v) is 20.9. The first kappa shape index (κ1) is 75.7. The van der Waals surface area contributed by atoms with Gasteiger partial charge in [-0.15, -0.1) is 0 Å². The highest BCUT2D eigenvalue weighted by molar-refractivity contribution is 6.74. The molecule has 2 unspecified atom stereocenters. The van der Waals surface area contributed by atoms with E-state index in [1.165, 1.54) is 0 Å². The van der Waals surface area contributed by atoms with Gasteiger partial charge >= 0.3 is 12.1 Å². The number of carbonyl (C=O) groups is 5. The fourth-order valence-corrected chi connectivity index (χ4v) is 11.4. The van der Waals surface area contributed by atoms with Crippen LogP contribution in [0.2, 0.25) is 18.1 Å². The van der Waals surface area contributed by atoms with Crippen molar-refractivity contribution in [1.29, 1.82) is 0 Å². The molecule has 4 heterocycles. The summed E-state index contributed by atoms with van der Waals surface area (Å²) in [4.78, 5) is 89.1. The van der Waals surface area contributed by atoms with E-state index in [4.69, 9.17) is 73.2 Å².